The summed E-state index contributed by atoms with van der Waals surface area (Å²) in [5.41, 5.74) is -1.06. The quantitative estimate of drug-likeness (QED) is 0.559. The first-order chi connectivity index (χ1) is 13.8. The van der Waals surface area contributed by atoms with E-state index in [9.17, 15) is 19.2 Å². The zero-order valence-electron chi connectivity index (χ0n) is 16.0. The van der Waals surface area contributed by atoms with E-state index >= 15 is 0 Å². The number of nitriles is 1. The van der Waals surface area contributed by atoms with Crippen LogP contribution in [0.25, 0.3) is 10.9 Å². The van der Waals surface area contributed by atoms with Crippen LogP contribution in [0.4, 0.5) is 4.79 Å². The van der Waals surface area contributed by atoms with Crippen molar-refractivity contribution in [1.29, 1.82) is 5.26 Å². The molecule has 1 aromatic heterocycles. The molecule has 1 N–H and O–H groups in total. The predicted octanol–water partition coefficient (Wildman–Crippen LogP) is 0.684. The lowest BCUT2D eigenvalue weighted by Gasteiger charge is -2.19. The van der Waals surface area contributed by atoms with Crippen molar-refractivity contribution in [3.8, 4) is 6.07 Å². The Bertz CT molecular complexity index is 1100. The van der Waals surface area contributed by atoms with Gasteiger partial charge in [-0.15, -0.1) is 0 Å². The molecule has 1 saturated heterocycles. The van der Waals surface area contributed by atoms with Crippen molar-refractivity contribution in [1.82, 2.24) is 19.8 Å². The molecule has 2 heterocycles. The van der Waals surface area contributed by atoms with Crippen LogP contribution in [0.5, 0.6) is 0 Å². The molecule has 3 amide bonds. The highest BCUT2D eigenvalue weighted by atomic mass is 16.5. The van der Waals surface area contributed by atoms with Gasteiger partial charge in [-0.1, -0.05) is 19.1 Å². The average Bonchev–Trinajstić information content (AvgIpc) is 2.92. The molecule has 29 heavy (non-hydrogen) atoms. The van der Waals surface area contributed by atoms with Gasteiger partial charge in [0.25, 0.3) is 11.5 Å². The molecule has 0 unspecified atom stereocenters. The average molecular weight is 397 g/mol. The van der Waals surface area contributed by atoms with Gasteiger partial charge in [-0.3, -0.25) is 23.9 Å². The van der Waals surface area contributed by atoms with Gasteiger partial charge in [0.15, 0.2) is 5.82 Å². The number of imide groups is 1. The van der Waals surface area contributed by atoms with Gasteiger partial charge in [0.2, 0.25) is 0 Å². The number of amides is 3. The van der Waals surface area contributed by atoms with Crippen molar-refractivity contribution < 1.29 is 19.1 Å². The Labute approximate surface area is 165 Å². The Morgan fingerprint density at radius 3 is 2.69 bits per heavy atom. The van der Waals surface area contributed by atoms with Crippen LogP contribution in [0.15, 0.2) is 29.1 Å². The Balaban J connectivity index is 1.77. The number of fused-ring (bicyclic) bond motifs is 1. The minimum atomic E-state index is -1.05. The third kappa shape index (κ3) is 3.67. The third-order valence-electron chi connectivity index (χ3n) is 4.87. The maximum Gasteiger partial charge on any atom is 0.326 e. The summed E-state index contributed by atoms with van der Waals surface area (Å²) in [5, 5.41) is 11.9. The fourth-order valence-electron chi connectivity index (χ4n) is 3.01. The number of esters is 1. The molecule has 10 heteroatoms. The molecule has 0 bridgehead atoms. The van der Waals surface area contributed by atoms with E-state index in [1.165, 1.54) is 0 Å². The number of benzene rings is 1. The normalized spacial score (nSPS) is 18.6. The minimum absolute atomic E-state index is 0.0965. The van der Waals surface area contributed by atoms with Gasteiger partial charge < -0.3 is 10.1 Å². The molecular weight excluding hydrogens is 378 g/mol. The maximum atomic E-state index is 12.6. The number of carbonyl (C=O) groups excluding carboxylic acids is 3. The lowest BCUT2D eigenvalue weighted by molar-refractivity contribution is -0.149. The number of nitrogens with one attached hydrogen (secondary N) is 1. The zero-order chi connectivity index (χ0) is 21.2. The van der Waals surface area contributed by atoms with Gasteiger partial charge >= 0.3 is 12.0 Å². The lowest BCUT2D eigenvalue weighted by Crippen LogP contribution is -2.43. The molecule has 0 aliphatic carbocycles. The minimum Gasteiger partial charge on any atom is -0.456 e. The molecule has 0 spiro atoms. The standard InChI is InChI=1S/C19H19N5O5/c1-3-19(2)17(27)24(18(28)22-19)10-15(25)29-11-14-21-13-7-5-4-6-12(13)16(26)23(14)9-8-20/h4-7H,3,9-11H2,1-2H3,(H,22,28)/t19-/m1/s1. The van der Waals surface area contributed by atoms with Gasteiger partial charge in [-0.05, 0) is 25.5 Å². The first-order valence-corrected chi connectivity index (χ1v) is 8.96. The number of hydrogen-bond acceptors (Lipinski definition) is 7. The number of para-hydroxylation sites is 1. The Hall–Kier alpha value is -3.74. The third-order valence-corrected chi connectivity index (χ3v) is 4.87. The van der Waals surface area contributed by atoms with Crippen molar-refractivity contribution in [3.05, 3.63) is 40.4 Å². The van der Waals surface area contributed by atoms with Crippen LogP contribution in [0.3, 0.4) is 0 Å². The molecule has 2 aromatic rings. The summed E-state index contributed by atoms with van der Waals surface area (Å²) in [4.78, 5) is 54.2. The van der Waals surface area contributed by atoms with Gasteiger partial charge in [0.05, 0.1) is 17.0 Å². The van der Waals surface area contributed by atoms with Crippen molar-refractivity contribution in [2.45, 2.75) is 39.0 Å². The van der Waals surface area contributed by atoms with Crippen LogP contribution in [0.2, 0.25) is 0 Å². The van der Waals surface area contributed by atoms with Crippen molar-refractivity contribution >= 4 is 28.8 Å². The SMILES string of the molecule is CC[C@@]1(C)NC(=O)N(CC(=O)OCc2nc3ccccc3c(=O)n2CC#N)C1=O. The zero-order valence-corrected chi connectivity index (χ0v) is 16.0. The largest absolute Gasteiger partial charge is 0.456 e. The van der Waals surface area contributed by atoms with E-state index in [4.69, 9.17) is 10.00 Å². The predicted molar refractivity (Wildman–Crippen MR) is 100 cm³/mol. The van der Waals surface area contributed by atoms with Gasteiger partial charge in [-0.25, -0.2) is 9.78 Å². The monoisotopic (exact) mass is 397 g/mol. The van der Waals surface area contributed by atoms with E-state index in [0.717, 1.165) is 9.47 Å². The van der Waals surface area contributed by atoms with E-state index in [1.54, 1.807) is 38.1 Å². The summed E-state index contributed by atoms with van der Waals surface area (Å²) in [5.74, 6) is -1.24. The Kier molecular flexibility index (Phi) is 5.32. The molecule has 1 aromatic carbocycles. The molecule has 1 aliphatic heterocycles. The highest BCUT2D eigenvalue weighted by Gasteiger charge is 2.47. The molecule has 3 rings (SSSR count). The smallest absolute Gasteiger partial charge is 0.326 e. The van der Waals surface area contributed by atoms with Gasteiger partial charge in [-0.2, -0.15) is 5.26 Å². The molecule has 1 fully saturated rings. The fourth-order valence-corrected chi connectivity index (χ4v) is 3.01. The van der Waals surface area contributed by atoms with Crippen molar-refractivity contribution in [2.24, 2.45) is 0 Å². The Morgan fingerprint density at radius 2 is 2.03 bits per heavy atom. The number of aromatic nitrogens is 2. The van der Waals surface area contributed by atoms with E-state index < -0.39 is 35.6 Å². The van der Waals surface area contributed by atoms with Crippen molar-refractivity contribution in [2.75, 3.05) is 6.54 Å². The maximum absolute atomic E-state index is 12.6. The van der Waals surface area contributed by atoms with Crippen LogP contribution in [0, 0.1) is 11.3 Å². The number of hydrogen-bond donors (Lipinski definition) is 1. The molecule has 10 nitrogen and oxygen atoms in total. The lowest BCUT2D eigenvalue weighted by atomic mass is 9.99. The molecule has 1 aliphatic rings. The highest BCUT2D eigenvalue weighted by Crippen LogP contribution is 2.20. The van der Waals surface area contributed by atoms with E-state index in [1.807, 2.05) is 6.07 Å². The molecule has 0 radical (unpaired) electrons. The van der Waals surface area contributed by atoms with Crippen LogP contribution >= 0.6 is 0 Å². The summed E-state index contributed by atoms with van der Waals surface area (Å²) in [6.07, 6.45) is 0.380. The summed E-state index contributed by atoms with van der Waals surface area (Å²) in [6.45, 7) is 2.13. The summed E-state index contributed by atoms with van der Waals surface area (Å²) in [7, 11) is 0. The number of urea groups is 1. The molecule has 150 valence electrons. The number of carbonyl (C=O) groups is 3. The highest BCUT2D eigenvalue weighted by molar-refractivity contribution is 6.08. The second kappa shape index (κ2) is 7.71. The fraction of sp³-hybridized carbons (Fsp3) is 0.368. The van der Waals surface area contributed by atoms with E-state index in [0.29, 0.717) is 17.3 Å². The second-order valence-electron chi connectivity index (χ2n) is 6.76. The van der Waals surface area contributed by atoms with Crippen LogP contribution in [-0.2, 0) is 27.5 Å². The van der Waals surface area contributed by atoms with Crippen LogP contribution in [-0.4, -0.2) is 44.4 Å². The molecule has 1 atom stereocenters. The number of nitrogens with zero attached hydrogens (tertiary/aromatic N) is 4. The first kappa shape index (κ1) is 20.0. The van der Waals surface area contributed by atoms with Crippen molar-refractivity contribution in [3.63, 3.8) is 0 Å². The molecule has 0 saturated carbocycles. The number of ether oxygens (including phenoxy) is 1. The van der Waals surface area contributed by atoms with Crippen LogP contribution in [0.1, 0.15) is 26.1 Å². The van der Waals surface area contributed by atoms with E-state index in [-0.39, 0.29) is 19.0 Å². The first-order valence-electron chi connectivity index (χ1n) is 8.96. The summed E-state index contributed by atoms with van der Waals surface area (Å²) < 4.78 is 6.26. The number of rotatable bonds is 6. The Morgan fingerprint density at radius 1 is 1.31 bits per heavy atom. The topological polar surface area (TPSA) is 134 Å². The van der Waals surface area contributed by atoms with Crippen LogP contribution < -0.4 is 10.9 Å². The summed E-state index contributed by atoms with van der Waals surface area (Å²) >= 11 is 0. The second-order valence-corrected chi connectivity index (χ2v) is 6.76. The van der Waals surface area contributed by atoms with Gasteiger partial charge in [0.1, 0.15) is 25.2 Å². The van der Waals surface area contributed by atoms with E-state index in [2.05, 4.69) is 10.3 Å². The van der Waals surface area contributed by atoms with Gasteiger partial charge in [0, 0.05) is 0 Å². The molecular formula is C19H19N5O5. The summed E-state index contributed by atoms with van der Waals surface area (Å²) in [6, 6.07) is 7.84.